The summed E-state index contributed by atoms with van der Waals surface area (Å²) in [5, 5.41) is 0. The van der Waals surface area contributed by atoms with Gasteiger partial charge in [-0.15, -0.1) is 0 Å². The van der Waals surface area contributed by atoms with Crippen LogP contribution in [0.3, 0.4) is 0 Å². The van der Waals surface area contributed by atoms with E-state index >= 15 is 0 Å². The van der Waals surface area contributed by atoms with E-state index in [0.717, 1.165) is 17.4 Å². The van der Waals surface area contributed by atoms with Crippen molar-refractivity contribution in [3.05, 3.63) is 0 Å². The molecule has 1 rings (SSSR count). The summed E-state index contributed by atoms with van der Waals surface area (Å²) >= 11 is 0. The van der Waals surface area contributed by atoms with Gasteiger partial charge >= 0.3 is 0 Å². The Bertz CT molecular complexity index is 144. The standard InChI is InChI=1S/C9H18OS/c1-3-9-5-4-8(2)6-11(10)7-9/h8-9H,3-7H2,1-2H3. The molecule has 0 aromatic carbocycles. The van der Waals surface area contributed by atoms with Crippen molar-refractivity contribution in [1.82, 2.24) is 0 Å². The lowest BCUT2D eigenvalue weighted by Crippen LogP contribution is -2.09. The van der Waals surface area contributed by atoms with Gasteiger partial charge in [0, 0.05) is 22.3 Å². The summed E-state index contributed by atoms with van der Waals surface area (Å²) in [6, 6.07) is 0. The van der Waals surface area contributed by atoms with E-state index < -0.39 is 10.8 Å². The lowest BCUT2D eigenvalue weighted by molar-refractivity contribution is 0.461. The summed E-state index contributed by atoms with van der Waals surface area (Å²) < 4.78 is 11.4. The topological polar surface area (TPSA) is 17.1 Å². The maximum atomic E-state index is 11.4. The summed E-state index contributed by atoms with van der Waals surface area (Å²) in [5.41, 5.74) is 0. The molecular weight excluding hydrogens is 156 g/mol. The zero-order valence-electron chi connectivity index (χ0n) is 7.51. The van der Waals surface area contributed by atoms with Gasteiger partial charge in [-0.3, -0.25) is 4.21 Å². The van der Waals surface area contributed by atoms with Crippen LogP contribution in [0, 0.1) is 11.8 Å². The van der Waals surface area contributed by atoms with Gasteiger partial charge in [0.15, 0.2) is 0 Å². The molecule has 0 spiro atoms. The Balaban J connectivity index is 2.46. The molecular formula is C9H18OS. The van der Waals surface area contributed by atoms with Crippen LogP contribution in [0.5, 0.6) is 0 Å². The predicted octanol–water partition coefficient (Wildman–Crippen LogP) is 2.19. The second kappa shape index (κ2) is 4.24. The molecule has 3 atom stereocenters. The molecule has 1 nitrogen and oxygen atoms in total. The van der Waals surface area contributed by atoms with Gasteiger partial charge in [-0.2, -0.15) is 0 Å². The first-order valence-electron chi connectivity index (χ1n) is 4.57. The van der Waals surface area contributed by atoms with Gasteiger partial charge in [0.2, 0.25) is 0 Å². The van der Waals surface area contributed by atoms with Crippen LogP contribution in [0.25, 0.3) is 0 Å². The Labute approximate surface area is 72.0 Å². The lowest BCUT2D eigenvalue weighted by Gasteiger charge is -2.08. The third-order valence-electron chi connectivity index (χ3n) is 2.54. The zero-order chi connectivity index (χ0) is 8.27. The number of hydrogen-bond acceptors (Lipinski definition) is 1. The van der Waals surface area contributed by atoms with Gasteiger partial charge in [-0.25, -0.2) is 0 Å². The Morgan fingerprint density at radius 3 is 2.73 bits per heavy atom. The molecule has 11 heavy (non-hydrogen) atoms. The molecule has 0 N–H and O–H groups in total. The molecule has 1 heterocycles. The molecule has 3 unspecified atom stereocenters. The van der Waals surface area contributed by atoms with Crippen LogP contribution in [0.1, 0.15) is 33.1 Å². The highest BCUT2D eigenvalue weighted by Crippen LogP contribution is 2.22. The maximum absolute atomic E-state index is 11.4. The summed E-state index contributed by atoms with van der Waals surface area (Å²) in [5.74, 6) is 3.32. The van der Waals surface area contributed by atoms with Crippen LogP contribution in [0.4, 0.5) is 0 Å². The van der Waals surface area contributed by atoms with Crippen molar-refractivity contribution in [2.45, 2.75) is 33.1 Å². The first-order chi connectivity index (χ1) is 5.22. The first kappa shape index (κ1) is 9.24. The van der Waals surface area contributed by atoms with Crippen LogP contribution < -0.4 is 0 Å². The molecule has 1 aliphatic rings. The van der Waals surface area contributed by atoms with E-state index in [1.165, 1.54) is 19.3 Å². The molecule has 66 valence electrons. The third kappa shape index (κ3) is 2.94. The highest BCUT2D eigenvalue weighted by molar-refractivity contribution is 7.85. The van der Waals surface area contributed by atoms with Gasteiger partial charge in [0.25, 0.3) is 0 Å². The van der Waals surface area contributed by atoms with Crippen molar-refractivity contribution in [1.29, 1.82) is 0 Å². The lowest BCUT2D eigenvalue weighted by atomic mass is 9.98. The van der Waals surface area contributed by atoms with Crippen LogP contribution in [0.15, 0.2) is 0 Å². The molecule has 1 saturated heterocycles. The molecule has 0 aromatic heterocycles. The van der Waals surface area contributed by atoms with Crippen LogP contribution in [-0.2, 0) is 10.8 Å². The van der Waals surface area contributed by atoms with E-state index in [9.17, 15) is 4.21 Å². The van der Waals surface area contributed by atoms with E-state index in [1.54, 1.807) is 0 Å². The molecule has 2 heteroatoms. The van der Waals surface area contributed by atoms with E-state index in [0.29, 0.717) is 5.92 Å². The molecule has 1 aliphatic heterocycles. The summed E-state index contributed by atoms with van der Waals surface area (Å²) in [4.78, 5) is 0. The van der Waals surface area contributed by atoms with E-state index in [4.69, 9.17) is 0 Å². The number of hydrogen-bond donors (Lipinski definition) is 0. The number of rotatable bonds is 1. The quantitative estimate of drug-likeness (QED) is 0.595. The maximum Gasteiger partial charge on any atom is 0.0263 e. The molecule has 0 radical (unpaired) electrons. The molecule has 0 aliphatic carbocycles. The van der Waals surface area contributed by atoms with Crippen LogP contribution in [-0.4, -0.2) is 15.7 Å². The minimum Gasteiger partial charge on any atom is -0.260 e. The van der Waals surface area contributed by atoms with Gasteiger partial charge in [-0.05, 0) is 24.7 Å². The Hall–Kier alpha value is 0.150. The average molecular weight is 174 g/mol. The minimum absolute atomic E-state index is 0.518. The molecule has 0 bridgehead atoms. The third-order valence-corrected chi connectivity index (χ3v) is 4.32. The molecule has 0 saturated carbocycles. The minimum atomic E-state index is -0.518. The highest BCUT2D eigenvalue weighted by Gasteiger charge is 2.18. The second-order valence-electron chi connectivity index (χ2n) is 3.73. The average Bonchev–Trinajstić information content (AvgIpc) is 2.11. The van der Waals surface area contributed by atoms with Crippen molar-refractivity contribution >= 4 is 10.8 Å². The largest absolute Gasteiger partial charge is 0.260 e. The van der Waals surface area contributed by atoms with Gasteiger partial charge < -0.3 is 0 Å². The predicted molar refractivity (Wildman–Crippen MR) is 50.1 cm³/mol. The van der Waals surface area contributed by atoms with Gasteiger partial charge in [-0.1, -0.05) is 20.3 Å². The fraction of sp³-hybridized carbons (Fsp3) is 1.00. The van der Waals surface area contributed by atoms with Crippen molar-refractivity contribution in [2.24, 2.45) is 11.8 Å². The molecule has 0 amide bonds. The summed E-state index contributed by atoms with van der Waals surface area (Å²) in [6.45, 7) is 4.42. The summed E-state index contributed by atoms with van der Waals surface area (Å²) in [6.07, 6.45) is 3.78. The first-order valence-corrected chi connectivity index (χ1v) is 6.06. The normalized spacial score (nSPS) is 40.0. The monoisotopic (exact) mass is 174 g/mol. The van der Waals surface area contributed by atoms with Gasteiger partial charge in [0.1, 0.15) is 0 Å². The van der Waals surface area contributed by atoms with Crippen molar-refractivity contribution in [2.75, 3.05) is 11.5 Å². The Kier molecular flexibility index (Phi) is 3.57. The van der Waals surface area contributed by atoms with Crippen molar-refractivity contribution in [3.8, 4) is 0 Å². The smallest absolute Gasteiger partial charge is 0.0263 e. The van der Waals surface area contributed by atoms with Crippen molar-refractivity contribution < 1.29 is 4.21 Å². The molecule has 0 aromatic rings. The van der Waals surface area contributed by atoms with Gasteiger partial charge in [0.05, 0.1) is 0 Å². The second-order valence-corrected chi connectivity index (χ2v) is 5.28. The molecule has 1 fully saturated rings. The zero-order valence-corrected chi connectivity index (χ0v) is 8.32. The Morgan fingerprint density at radius 1 is 1.36 bits per heavy atom. The fourth-order valence-electron chi connectivity index (χ4n) is 1.66. The van der Waals surface area contributed by atoms with Crippen LogP contribution >= 0.6 is 0 Å². The highest BCUT2D eigenvalue weighted by atomic mass is 32.2. The van der Waals surface area contributed by atoms with E-state index in [-0.39, 0.29) is 0 Å². The van der Waals surface area contributed by atoms with E-state index in [1.807, 2.05) is 0 Å². The van der Waals surface area contributed by atoms with E-state index in [2.05, 4.69) is 13.8 Å². The summed E-state index contributed by atoms with van der Waals surface area (Å²) in [7, 11) is -0.518. The SMILES string of the molecule is CCC1CCC(C)CS(=O)C1. The van der Waals surface area contributed by atoms with Crippen LogP contribution in [0.2, 0.25) is 0 Å². The Morgan fingerprint density at radius 2 is 2.09 bits per heavy atom. The fourth-order valence-corrected chi connectivity index (χ4v) is 3.52. The van der Waals surface area contributed by atoms with Crippen molar-refractivity contribution in [3.63, 3.8) is 0 Å².